The van der Waals surface area contributed by atoms with Crippen molar-refractivity contribution in [3.05, 3.63) is 28.2 Å². The number of hydrogen-bond acceptors (Lipinski definition) is 2. The van der Waals surface area contributed by atoms with E-state index in [-0.39, 0.29) is 11.6 Å². The Labute approximate surface area is 120 Å². The Balaban J connectivity index is 2.87. The lowest BCUT2D eigenvalue weighted by molar-refractivity contribution is 0.0697. The lowest BCUT2D eigenvalue weighted by Gasteiger charge is -2.20. The van der Waals surface area contributed by atoms with Crippen molar-refractivity contribution in [2.45, 2.75) is 20.3 Å². The number of hydrogen-bond donors (Lipinski definition) is 2. The van der Waals surface area contributed by atoms with Gasteiger partial charge in [0.25, 0.3) is 0 Å². The molecule has 0 aromatic heterocycles. The number of aromatic carboxylic acids is 1. The Kier molecular flexibility index (Phi) is 5.82. The van der Waals surface area contributed by atoms with Crippen molar-refractivity contribution in [3.63, 3.8) is 0 Å². The molecule has 0 atom stereocenters. The van der Waals surface area contributed by atoms with Gasteiger partial charge in [-0.25, -0.2) is 9.59 Å². The van der Waals surface area contributed by atoms with Crippen molar-refractivity contribution in [3.8, 4) is 0 Å². The van der Waals surface area contributed by atoms with Gasteiger partial charge >= 0.3 is 12.0 Å². The number of anilines is 1. The average Bonchev–Trinajstić information content (AvgIpc) is 2.34. The summed E-state index contributed by atoms with van der Waals surface area (Å²) in [6, 6.07) is 4.37. The molecule has 1 rings (SSSR count). The second-order valence-corrected chi connectivity index (χ2v) is 4.96. The molecule has 0 spiro atoms. The Hall–Kier alpha value is -1.56. The number of rotatable bonds is 5. The molecule has 0 heterocycles. The van der Waals surface area contributed by atoms with Crippen molar-refractivity contribution >= 4 is 33.6 Å². The van der Waals surface area contributed by atoms with Gasteiger partial charge in [0.2, 0.25) is 0 Å². The molecule has 0 fully saturated rings. The molecule has 1 aromatic rings. The third-order valence-corrected chi connectivity index (χ3v) is 3.02. The lowest BCUT2D eigenvalue weighted by Crippen LogP contribution is -2.35. The maximum absolute atomic E-state index is 12.0. The number of carbonyl (C=O) groups is 2. The monoisotopic (exact) mass is 328 g/mol. The number of halogens is 1. The summed E-state index contributed by atoms with van der Waals surface area (Å²) >= 11 is 3.23. The van der Waals surface area contributed by atoms with Gasteiger partial charge in [-0.05, 0) is 31.5 Å². The van der Waals surface area contributed by atoms with Crippen LogP contribution in [-0.2, 0) is 0 Å². The van der Waals surface area contributed by atoms with Gasteiger partial charge in [0, 0.05) is 23.2 Å². The summed E-state index contributed by atoms with van der Waals surface area (Å²) < 4.78 is 0.612. The van der Waals surface area contributed by atoms with Gasteiger partial charge < -0.3 is 15.3 Å². The van der Waals surface area contributed by atoms with Crippen LogP contribution in [0, 0.1) is 0 Å². The molecule has 0 saturated heterocycles. The zero-order chi connectivity index (χ0) is 14.4. The maximum atomic E-state index is 12.0. The SMILES string of the molecule is CCCN(CC)C(=O)Nc1cc(Br)cc(C(=O)O)c1. The smallest absolute Gasteiger partial charge is 0.335 e. The quantitative estimate of drug-likeness (QED) is 0.870. The van der Waals surface area contributed by atoms with E-state index in [0.29, 0.717) is 23.2 Å². The van der Waals surface area contributed by atoms with E-state index in [1.807, 2.05) is 13.8 Å². The highest BCUT2D eigenvalue weighted by atomic mass is 79.9. The molecule has 5 nitrogen and oxygen atoms in total. The number of carboxylic acids is 1. The van der Waals surface area contributed by atoms with E-state index in [0.717, 1.165) is 6.42 Å². The molecule has 0 saturated carbocycles. The van der Waals surface area contributed by atoms with Crippen molar-refractivity contribution in [2.24, 2.45) is 0 Å². The summed E-state index contributed by atoms with van der Waals surface area (Å²) in [5.41, 5.74) is 0.592. The van der Waals surface area contributed by atoms with Crippen LogP contribution in [0.15, 0.2) is 22.7 Å². The molecule has 6 heteroatoms. The number of urea groups is 1. The predicted octanol–water partition coefficient (Wildman–Crippen LogP) is 3.41. The summed E-state index contributed by atoms with van der Waals surface area (Å²) in [5, 5.41) is 11.7. The van der Waals surface area contributed by atoms with Crippen LogP contribution in [0.3, 0.4) is 0 Å². The van der Waals surface area contributed by atoms with Crippen LogP contribution in [0.2, 0.25) is 0 Å². The second-order valence-electron chi connectivity index (χ2n) is 4.04. The van der Waals surface area contributed by atoms with Crippen molar-refractivity contribution in [2.75, 3.05) is 18.4 Å². The van der Waals surface area contributed by atoms with E-state index in [2.05, 4.69) is 21.2 Å². The van der Waals surface area contributed by atoms with Crippen LogP contribution >= 0.6 is 15.9 Å². The molecular weight excluding hydrogens is 312 g/mol. The molecule has 1 aromatic carbocycles. The third kappa shape index (κ3) is 4.55. The van der Waals surface area contributed by atoms with Gasteiger partial charge in [0.05, 0.1) is 5.56 Å². The molecule has 0 aliphatic heterocycles. The summed E-state index contributed by atoms with van der Waals surface area (Å²) in [7, 11) is 0. The fraction of sp³-hybridized carbons (Fsp3) is 0.385. The van der Waals surface area contributed by atoms with Crippen LogP contribution in [0.1, 0.15) is 30.6 Å². The summed E-state index contributed by atoms with van der Waals surface area (Å²) in [4.78, 5) is 24.6. The predicted molar refractivity (Wildman–Crippen MR) is 77.7 cm³/mol. The van der Waals surface area contributed by atoms with Crippen LogP contribution < -0.4 is 5.32 Å². The fourth-order valence-electron chi connectivity index (χ4n) is 1.66. The number of carboxylic acid groups (broad SMARTS) is 1. The van der Waals surface area contributed by atoms with Crippen LogP contribution in [0.5, 0.6) is 0 Å². The van der Waals surface area contributed by atoms with Gasteiger partial charge in [-0.15, -0.1) is 0 Å². The highest BCUT2D eigenvalue weighted by Gasteiger charge is 2.12. The lowest BCUT2D eigenvalue weighted by atomic mass is 10.2. The Morgan fingerprint density at radius 1 is 1.32 bits per heavy atom. The van der Waals surface area contributed by atoms with Gasteiger partial charge in [0.15, 0.2) is 0 Å². The average molecular weight is 329 g/mol. The molecular formula is C13H17BrN2O3. The van der Waals surface area contributed by atoms with Crippen LogP contribution in [0.25, 0.3) is 0 Å². The minimum absolute atomic E-state index is 0.128. The maximum Gasteiger partial charge on any atom is 0.335 e. The number of amides is 2. The van der Waals surface area contributed by atoms with Gasteiger partial charge in [-0.3, -0.25) is 0 Å². The molecule has 0 unspecified atom stereocenters. The molecule has 104 valence electrons. The largest absolute Gasteiger partial charge is 0.478 e. The fourth-order valence-corrected chi connectivity index (χ4v) is 2.15. The first-order valence-corrected chi connectivity index (χ1v) is 6.87. The topological polar surface area (TPSA) is 69.6 Å². The standard InChI is InChI=1S/C13H17BrN2O3/c1-3-5-16(4-2)13(19)15-11-7-9(12(17)18)6-10(14)8-11/h6-8H,3-5H2,1-2H3,(H,15,19)(H,17,18). The Morgan fingerprint density at radius 2 is 2.00 bits per heavy atom. The molecule has 0 aliphatic carbocycles. The minimum Gasteiger partial charge on any atom is -0.478 e. The van der Waals surface area contributed by atoms with E-state index in [1.54, 1.807) is 11.0 Å². The normalized spacial score (nSPS) is 10.1. The molecule has 19 heavy (non-hydrogen) atoms. The number of benzene rings is 1. The summed E-state index contributed by atoms with van der Waals surface area (Å²) in [5.74, 6) is -1.03. The zero-order valence-electron chi connectivity index (χ0n) is 10.9. The number of nitrogens with zero attached hydrogens (tertiary/aromatic N) is 1. The van der Waals surface area contributed by atoms with Crippen molar-refractivity contribution in [1.29, 1.82) is 0 Å². The van der Waals surface area contributed by atoms with Crippen LogP contribution in [-0.4, -0.2) is 35.1 Å². The minimum atomic E-state index is -1.03. The summed E-state index contributed by atoms with van der Waals surface area (Å²) in [6.45, 7) is 5.18. The van der Waals surface area contributed by atoms with E-state index < -0.39 is 5.97 Å². The van der Waals surface area contributed by atoms with Crippen molar-refractivity contribution in [1.82, 2.24) is 4.90 Å². The van der Waals surface area contributed by atoms with Crippen LogP contribution in [0.4, 0.5) is 10.5 Å². The molecule has 0 radical (unpaired) electrons. The highest BCUT2D eigenvalue weighted by molar-refractivity contribution is 9.10. The number of nitrogens with one attached hydrogen (secondary N) is 1. The van der Waals surface area contributed by atoms with Crippen molar-refractivity contribution < 1.29 is 14.7 Å². The molecule has 0 aliphatic rings. The molecule has 2 amide bonds. The van der Waals surface area contributed by atoms with Gasteiger partial charge in [-0.1, -0.05) is 22.9 Å². The Morgan fingerprint density at radius 3 is 2.53 bits per heavy atom. The van der Waals surface area contributed by atoms with E-state index in [9.17, 15) is 9.59 Å². The Bertz CT molecular complexity index is 477. The first kappa shape index (κ1) is 15.5. The molecule has 0 bridgehead atoms. The summed E-state index contributed by atoms with van der Waals surface area (Å²) in [6.07, 6.45) is 0.875. The first-order valence-electron chi connectivity index (χ1n) is 6.07. The van der Waals surface area contributed by atoms with E-state index >= 15 is 0 Å². The van der Waals surface area contributed by atoms with Gasteiger partial charge in [0.1, 0.15) is 0 Å². The number of carbonyl (C=O) groups excluding carboxylic acids is 1. The van der Waals surface area contributed by atoms with E-state index in [1.165, 1.54) is 12.1 Å². The molecule has 2 N–H and O–H groups in total. The van der Waals surface area contributed by atoms with Gasteiger partial charge in [-0.2, -0.15) is 0 Å². The highest BCUT2D eigenvalue weighted by Crippen LogP contribution is 2.20. The van der Waals surface area contributed by atoms with E-state index in [4.69, 9.17) is 5.11 Å². The first-order chi connectivity index (χ1) is 8.97. The third-order valence-electron chi connectivity index (χ3n) is 2.56. The second kappa shape index (κ2) is 7.13. The zero-order valence-corrected chi connectivity index (χ0v) is 12.5.